The van der Waals surface area contributed by atoms with Gasteiger partial charge < -0.3 is 28.5 Å². The van der Waals surface area contributed by atoms with Gasteiger partial charge in [0.1, 0.15) is 13.2 Å². The van der Waals surface area contributed by atoms with Gasteiger partial charge in [0.25, 0.3) is 6.29 Å². The van der Waals surface area contributed by atoms with Crippen molar-refractivity contribution < 1.29 is 42.9 Å². The van der Waals surface area contributed by atoms with Crippen molar-refractivity contribution in [1.82, 2.24) is 0 Å². The Hall–Kier alpha value is -2.49. The van der Waals surface area contributed by atoms with E-state index in [1.54, 1.807) is 0 Å². The molecule has 0 aromatic carbocycles. The third-order valence-corrected chi connectivity index (χ3v) is 14.9. The van der Waals surface area contributed by atoms with Gasteiger partial charge in [0.15, 0.2) is 6.10 Å². The minimum absolute atomic E-state index is 0.180. The molecule has 0 aromatic rings. The van der Waals surface area contributed by atoms with Crippen LogP contribution in [0, 0.1) is 0 Å². The summed E-state index contributed by atoms with van der Waals surface area (Å²) in [6.45, 7) is 4.90. The Balaban J connectivity index is 4.04. The SMILES string of the molecule is CCCCC/C=C\C/C=C\CCCCCCCCCCCC(=O)OC(COC(=O)CCCCCCCCCCCCCCCCCCCCCCC/C=C\CCCCCCCCCC)COC(OCC[N+](C)(C)C)C(=O)O. The molecular formula is C68H128NO8+. The molecule has 0 amide bonds. The molecule has 0 spiro atoms. The van der Waals surface area contributed by atoms with Crippen LogP contribution in [0.3, 0.4) is 0 Å². The molecule has 452 valence electrons. The number of nitrogens with zero attached hydrogens (tertiary/aromatic N) is 1. The number of carbonyl (C=O) groups is 3. The quantitative estimate of drug-likeness (QED) is 0.0211. The maximum absolute atomic E-state index is 12.9. The summed E-state index contributed by atoms with van der Waals surface area (Å²) in [5.74, 6) is -1.99. The summed E-state index contributed by atoms with van der Waals surface area (Å²) >= 11 is 0. The zero-order valence-corrected chi connectivity index (χ0v) is 51.6. The normalized spacial score (nSPS) is 12.9. The average Bonchev–Trinajstić information content (AvgIpc) is 3.40. The molecule has 9 heteroatoms. The fraction of sp³-hybridized carbons (Fsp3) is 0.868. The van der Waals surface area contributed by atoms with E-state index < -0.39 is 24.3 Å². The number of unbranched alkanes of at least 4 members (excludes halogenated alkanes) is 41. The first-order valence-corrected chi connectivity index (χ1v) is 33.2. The number of hydrogen-bond acceptors (Lipinski definition) is 7. The van der Waals surface area contributed by atoms with Gasteiger partial charge in [-0.15, -0.1) is 0 Å². The molecule has 0 aliphatic carbocycles. The molecule has 0 aliphatic heterocycles. The molecular weight excluding hydrogens is 959 g/mol. The number of aliphatic carboxylic acids is 1. The van der Waals surface area contributed by atoms with Gasteiger partial charge in [0.2, 0.25) is 0 Å². The van der Waals surface area contributed by atoms with Crippen LogP contribution in [0.15, 0.2) is 36.5 Å². The molecule has 0 radical (unpaired) electrons. The molecule has 0 aromatic heterocycles. The number of rotatable bonds is 62. The van der Waals surface area contributed by atoms with Crippen LogP contribution in [0.1, 0.15) is 322 Å². The second-order valence-electron chi connectivity index (χ2n) is 23.8. The largest absolute Gasteiger partial charge is 0.477 e. The number of allylic oxidation sites excluding steroid dienone is 6. The van der Waals surface area contributed by atoms with Crippen molar-refractivity contribution in [3.05, 3.63) is 36.5 Å². The standard InChI is InChI=1S/C68H127NO8/c1-6-8-10-12-14-16-18-20-22-24-26-27-28-29-30-31-32-33-34-35-36-37-38-39-41-42-44-46-48-50-52-54-56-58-65(70)75-62-64(63-76-68(67(72)73)74-61-60-69(3,4)5)77-66(71)59-57-55-53-51-49-47-45-43-40-25-23-21-19-17-15-13-11-9-7-2/h15,17,21,23-24,26,64,68H,6-14,16,18-20,22,25,27-63H2,1-5H3/p+1/b17-15-,23-21-,26-24-. The first-order valence-electron chi connectivity index (χ1n) is 33.2. The van der Waals surface area contributed by atoms with Crippen molar-refractivity contribution in [2.45, 2.75) is 334 Å². The average molecular weight is 1090 g/mol. The van der Waals surface area contributed by atoms with E-state index in [4.69, 9.17) is 18.9 Å². The topological polar surface area (TPSA) is 108 Å². The van der Waals surface area contributed by atoms with Crippen molar-refractivity contribution in [3.8, 4) is 0 Å². The Morgan fingerprint density at radius 2 is 0.701 bits per heavy atom. The number of esters is 2. The van der Waals surface area contributed by atoms with Crippen molar-refractivity contribution in [2.75, 3.05) is 47.5 Å². The van der Waals surface area contributed by atoms with E-state index in [9.17, 15) is 19.5 Å². The highest BCUT2D eigenvalue weighted by atomic mass is 16.7. The molecule has 9 nitrogen and oxygen atoms in total. The highest BCUT2D eigenvalue weighted by Crippen LogP contribution is 2.18. The third kappa shape index (κ3) is 61.0. The van der Waals surface area contributed by atoms with Crippen LogP contribution in [-0.4, -0.2) is 87.4 Å². The van der Waals surface area contributed by atoms with E-state index in [2.05, 4.69) is 50.3 Å². The van der Waals surface area contributed by atoms with E-state index in [1.807, 2.05) is 21.1 Å². The Bertz CT molecular complexity index is 1360. The molecule has 0 aliphatic rings. The van der Waals surface area contributed by atoms with Gasteiger partial charge in [0, 0.05) is 12.8 Å². The zero-order chi connectivity index (χ0) is 56.2. The predicted octanol–water partition coefficient (Wildman–Crippen LogP) is 20.0. The maximum Gasteiger partial charge on any atom is 0.361 e. The number of hydrogen-bond donors (Lipinski definition) is 1. The summed E-state index contributed by atoms with van der Waals surface area (Å²) in [7, 11) is 5.98. The van der Waals surface area contributed by atoms with Crippen LogP contribution in [0.5, 0.6) is 0 Å². The molecule has 0 fully saturated rings. The third-order valence-electron chi connectivity index (χ3n) is 14.9. The lowest BCUT2D eigenvalue weighted by atomic mass is 10.0. The van der Waals surface area contributed by atoms with E-state index in [0.29, 0.717) is 17.4 Å². The number of likely N-dealkylation sites (N-methyl/N-ethyl adjacent to an activating group) is 1. The molecule has 0 rings (SSSR count). The van der Waals surface area contributed by atoms with Gasteiger partial charge in [-0.2, -0.15) is 0 Å². The molecule has 1 N–H and O–H groups in total. The zero-order valence-electron chi connectivity index (χ0n) is 51.6. The Morgan fingerprint density at radius 3 is 1.06 bits per heavy atom. The summed E-state index contributed by atoms with van der Waals surface area (Å²) in [5, 5.41) is 9.72. The summed E-state index contributed by atoms with van der Waals surface area (Å²) in [4.78, 5) is 37.5. The van der Waals surface area contributed by atoms with Gasteiger partial charge in [-0.05, 0) is 70.6 Å². The second-order valence-corrected chi connectivity index (χ2v) is 23.8. The Labute approximate surface area is 477 Å². The van der Waals surface area contributed by atoms with Gasteiger partial charge in [-0.1, -0.05) is 275 Å². The van der Waals surface area contributed by atoms with E-state index in [-0.39, 0.29) is 32.2 Å². The highest BCUT2D eigenvalue weighted by Gasteiger charge is 2.25. The number of quaternary nitrogens is 1. The van der Waals surface area contributed by atoms with Crippen LogP contribution >= 0.6 is 0 Å². The lowest BCUT2D eigenvalue weighted by Crippen LogP contribution is -2.40. The summed E-state index contributed by atoms with van der Waals surface area (Å²) < 4.78 is 22.9. The fourth-order valence-corrected chi connectivity index (χ4v) is 9.75. The van der Waals surface area contributed by atoms with E-state index in [1.165, 1.54) is 244 Å². The smallest absolute Gasteiger partial charge is 0.361 e. The number of ether oxygens (including phenoxy) is 4. The second kappa shape index (κ2) is 59.6. The minimum atomic E-state index is -1.51. The number of carbonyl (C=O) groups excluding carboxylic acids is 2. The minimum Gasteiger partial charge on any atom is -0.477 e. The highest BCUT2D eigenvalue weighted by molar-refractivity contribution is 5.71. The van der Waals surface area contributed by atoms with Crippen molar-refractivity contribution in [3.63, 3.8) is 0 Å². The Kier molecular flexibility index (Phi) is 57.7. The maximum atomic E-state index is 12.9. The van der Waals surface area contributed by atoms with Crippen LogP contribution < -0.4 is 0 Å². The summed E-state index contributed by atoms with van der Waals surface area (Å²) in [6.07, 6.45) is 71.1. The number of carboxylic acids is 1. The van der Waals surface area contributed by atoms with Crippen molar-refractivity contribution in [1.29, 1.82) is 0 Å². The molecule has 0 heterocycles. The molecule has 2 unspecified atom stereocenters. The molecule has 0 saturated carbocycles. The summed E-state index contributed by atoms with van der Waals surface area (Å²) in [5.41, 5.74) is 0. The van der Waals surface area contributed by atoms with Crippen molar-refractivity contribution in [2.24, 2.45) is 0 Å². The first-order chi connectivity index (χ1) is 37.6. The lowest BCUT2D eigenvalue weighted by molar-refractivity contribution is -0.870. The van der Waals surface area contributed by atoms with Crippen LogP contribution in [0.2, 0.25) is 0 Å². The van der Waals surface area contributed by atoms with Crippen molar-refractivity contribution >= 4 is 17.9 Å². The summed E-state index contributed by atoms with van der Waals surface area (Å²) in [6, 6.07) is 0. The lowest BCUT2D eigenvalue weighted by Gasteiger charge is -2.25. The van der Waals surface area contributed by atoms with Gasteiger partial charge in [-0.3, -0.25) is 9.59 Å². The monoisotopic (exact) mass is 1090 g/mol. The molecule has 0 bridgehead atoms. The first kappa shape index (κ1) is 74.5. The molecule has 0 saturated heterocycles. The van der Waals surface area contributed by atoms with Crippen LogP contribution in [-0.2, 0) is 33.3 Å². The van der Waals surface area contributed by atoms with E-state index in [0.717, 1.165) is 51.4 Å². The molecule has 77 heavy (non-hydrogen) atoms. The van der Waals surface area contributed by atoms with Gasteiger partial charge in [0.05, 0.1) is 34.4 Å². The van der Waals surface area contributed by atoms with Crippen LogP contribution in [0.4, 0.5) is 0 Å². The number of carboxylic acid groups (broad SMARTS) is 1. The van der Waals surface area contributed by atoms with Gasteiger partial charge >= 0.3 is 17.9 Å². The molecule has 2 atom stereocenters. The predicted molar refractivity (Wildman–Crippen MR) is 327 cm³/mol. The fourth-order valence-electron chi connectivity index (χ4n) is 9.75. The van der Waals surface area contributed by atoms with Gasteiger partial charge in [-0.25, -0.2) is 4.79 Å². The van der Waals surface area contributed by atoms with E-state index >= 15 is 0 Å². The Morgan fingerprint density at radius 1 is 0.390 bits per heavy atom. The van der Waals surface area contributed by atoms with Crippen LogP contribution in [0.25, 0.3) is 0 Å².